The third-order valence-electron chi connectivity index (χ3n) is 2.74. The van der Waals surface area contributed by atoms with Crippen molar-refractivity contribution >= 4 is 5.91 Å². The molecule has 1 amide bonds. The molecule has 0 aliphatic carbocycles. The van der Waals surface area contributed by atoms with Gasteiger partial charge in [0.05, 0.1) is 0 Å². The molecule has 0 spiro atoms. The Morgan fingerprint density at radius 1 is 1.19 bits per heavy atom. The van der Waals surface area contributed by atoms with E-state index in [2.05, 4.69) is 26.1 Å². The van der Waals surface area contributed by atoms with Crippen LogP contribution < -0.4 is 5.32 Å². The lowest BCUT2D eigenvalue weighted by Gasteiger charge is -2.15. The predicted molar refractivity (Wildman–Crippen MR) is 69.5 cm³/mol. The Labute approximate surface area is 101 Å². The molecule has 0 saturated heterocycles. The predicted octanol–water partition coefficient (Wildman–Crippen LogP) is 2.27. The molecule has 1 unspecified atom stereocenters. The molecule has 0 aliphatic rings. The second-order valence-electron chi connectivity index (χ2n) is 5.22. The van der Waals surface area contributed by atoms with Crippen molar-refractivity contribution in [3.8, 4) is 0 Å². The first-order chi connectivity index (χ1) is 7.43. The monoisotopic (exact) mass is 228 g/mol. The van der Waals surface area contributed by atoms with Gasteiger partial charge < -0.3 is 10.2 Å². The van der Waals surface area contributed by atoms with Crippen LogP contribution in [0.25, 0.3) is 0 Å². The van der Waals surface area contributed by atoms with Gasteiger partial charge in [0.1, 0.15) is 0 Å². The lowest BCUT2D eigenvalue weighted by atomic mass is 10.0. The average molecular weight is 228 g/mol. The number of nitrogens with zero attached hydrogens (tertiary/aromatic N) is 1. The van der Waals surface area contributed by atoms with Crippen molar-refractivity contribution in [1.82, 2.24) is 10.2 Å². The standard InChI is InChI=1S/C13H28N2O/c1-11(2)8-9-12(3)14-10-6-7-13(16)15(4)5/h11-12,14H,6-10H2,1-5H3. The summed E-state index contributed by atoms with van der Waals surface area (Å²) in [5.41, 5.74) is 0. The molecule has 0 bridgehead atoms. The average Bonchev–Trinajstić information content (AvgIpc) is 2.20. The van der Waals surface area contributed by atoms with E-state index in [1.165, 1.54) is 12.8 Å². The molecule has 0 aromatic rings. The molecule has 0 heterocycles. The molecule has 16 heavy (non-hydrogen) atoms. The number of hydrogen-bond donors (Lipinski definition) is 1. The zero-order valence-electron chi connectivity index (χ0n) is 11.5. The highest BCUT2D eigenvalue weighted by molar-refractivity contribution is 5.75. The smallest absolute Gasteiger partial charge is 0.222 e. The first-order valence-corrected chi connectivity index (χ1v) is 6.37. The summed E-state index contributed by atoms with van der Waals surface area (Å²) in [4.78, 5) is 13.0. The Bertz CT molecular complexity index is 190. The molecule has 0 rings (SSSR count). The number of hydrogen-bond acceptors (Lipinski definition) is 2. The lowest BCUT2D eigenvalue weighted by molar-refractivity contribution is -0.128. The fourth-order valence-electron chi connectivity index (χ4n) is 1.50. The zero-order valence-corrected chi connectivity index (χ0v) is 11.5. The Morgan fingerprint density at radius 2 is 1.81 bits per heavy atom. The zero-order chi connectivity index (χ0) is 12.6. The van der Waals surface area contributed by atoms with Gasteiger partial charge in [0.2, 0.25) is 5.91 Å². The minimum absolute atomic E-state index is 0.219. The number of amides is 1. The van der Waals surface area contributed by atoms with Crippen LogP contribution in [-0.2, 0) is 4.79 Å². The van der Waals surface area contributed by atoms with E-state index in [0.717, 1.165) is 18.9 Å². The van der Waals surface area contributed by atoms with E-state index in [4.69, 9.17) is 0 Å². The van der Waals surface area contributed by atoms with Gasteiger partial charge in [-0.3, -0.25) is 4.79 Å². The van der Waals surface area contributed by atoms with Crippen molar-refractivity contribution in [2.75, 3.05) is 20.6 Å². The van der Waals surface area contributed by atoms with Gasteiger partial charge in [-0.2, -0.15) is 0 Å². The molecule has 0 aromatic heterocycles. The van der Waals surface area contributed by atoms with E-state index >= 15 is 0 Å². The maximum absolute atomic E-state index is 11.3. The molecule has 1 N–H and O–H groups in total. The van der Waals surface area contributed by atoms with Crippen LogP contribution in [0.4, 0.5) is 0 Å². The Morgan fingerprint density at radius 3 is 2.31 bits per heavy atom. The fraction of sp³-hybridized carbons (Fsp3) is 0.923. The van der Waals surface area contributed by atoms with Crippen LogP contribution in [0, 0.1) is 5.92 Å². The summed E-state index contributed by atoms with van der Waals surface area (Å²) in [6.45, 7) is 7.67. The van der Waals surface area contributed by atoms with Gasteiger partial charge in [-0.25, -0.2) is 0 Å². The van der Waals surface area contributed by atoms with Crippen LogP contribution in [-0.4, -0.2) is 37.5 Å². The molecule has 96 valence electrons. The number of rotatable bonds is 8. The third kappa shape index (κ3) is 8.72. The van der Waals surface area contributed by atoms with Crippen molar-refractivity contribution in [2.45, 2.75) is 52.5 Å². The Balaban J connectivity index is 3.41. The summed E-state index contributed by atoms with van der Waals surface area (Å²) >= 11 is 0. The van der Waals surface area contributed by atoms with Crippen LogP contribution in [0.5, 0.6) is 0 Å². The van der Waals surface area contributed by atoms with Gasteiger partial charge in [-0.15, -0.1) is 0 Å². The summed E-state index contributed by atoms with van der Waals surface area (Å²) in [5, 5.41) is 3.46. The van der Waals surface area contributed by atoms with Gasteiger partial charge in [-0.1, -0.05) is 13.8 Å². The summed E-state index contributed by atoms with van der Waals surface area (Å²) in [7, 11) is 3.61. The normalized spacial score (nSPS) is 12.9. The number of carbonyl (C=O) groups excluding carboxylic acids is 1. The number of nitrogens with one attached hydrogen (secondary N) is 1. The second-order valence-corrected chi connectivity index (χ2v) is 5.22. The maximum atomic E-state index is 11.3. The van der Waals surface area contributed by atoms with Crippen LogP contribution in [0.2, 0.25) is 0 Å². The van der Waals surface area contributed by atoms with Crippen LogP contribution >= 0.6 is 0 Å². The summed E-state index contributed by atoms with van der Waals surface area (Å²) in [6.07, 6.45) is 4.07. The van der Waals surface area contributed by atoms with Crippen molar-refractivity contribution in [3.63, 3.8) is 0 Å². The molecule has 0 saturated carbocycles. The van der Waals surface area contributed by atoms with E-state index in [-0.39, 0.29) is 5.91 Å². The minimum atomic E-state index is 0.219. The van der Waals surface area contributed by atoms with Gasteiger partial charge in [0.25, 0.3) is 0 Å². The molecular formula is C13H28N2O. The van der Waals surface area contributed by atoms with Crippen molar-refractivity contribution in [1.29, 1.82) is 0 Å². The van der Waals surface area contributed by atoms with E-state index in [0.29, 0.717) is 12.5 Å². The summed E-state index contributed by atoms with van der Waals surface area (Å²) < 4.78 is 0. The third-order valence-corrected chi connectivity index (χ3v) is 2.74. The molecule has 3 heteroatoms. The first-order valence-electron chi connectivity index (χ1n) is 6.37. The van der Waals surface area contributed by atoms with E-state index in [1.54, 1.807) is 19.0 Å². The highest BCUT2D eigenvalue weighted by Gasteiger charge is 2.05. The molecule has 3 nitrogen and oxygen atoms in total. The van der Waals surface area contributed by atoms with E-state index in [9.17, 15) is 4.79 Å². The Kier molecular flexibility index (Phi) is 8.26. The van der Waals surface area contributed by atoms with Crippen LogP contribution in [0.1, 0.15) is 46.5 Å². The molecule has 0 aromatic carbocycles. The summed E-state index contributed by atoms with van der Waals surface area (Å²) in [5.74, 6) is 0.996. The van der Waals surface area contributed by atoms with Gasteiger partial charge in [0, 0.05) is 26.6 Å². The van der Waals surface area contributed by atoms with E-state index < -0.39 is 0 Å². The fourth-order valence-corrected chi connectivity index (χ4v) is 1.50. The molecule has 0 aliphatic heterocycles. The van der Waals surface area contributed by atoms with Crippen LogP contribution in [0.15, 0.2) is 0 Å². The SMILES string of the molecule is CC(C)CCC(C)NCCCC(=O)N(C)C. The van der Waals surface area contributed by atoms with Crippen molar-refractivity contribution in [2.24, 2.45) is 5.92 Å². The molecular weight excluding hydrogens is 200 g/mol. The Hall–Kier alpha value is -0.570. The molecule has 0 radical (unpaired) electrons. The van der Waals surface area contributed by atoms with Crippen molar-refractivity contribution < 1.29 is 4.79 Å². The highest BCUT2D eigenvalue weighted by atomic mass is 16.2. The van der Waals surface area contributed by atoms with Gasteiger partial charge in [-0.05, 0) is 38.6 Å². The first kappa shape index (κ1) is 15.4. The maximum Gasteiger partial charge on any atom is 0.222 e. The minimum Gasteiger partial charge on any atom is -0.349 e. The number of carbonyl (C=O) groups is 1. The second kappa shape index (κ2) is 8.57. The molecule has 1 atom stereocenters. The van der Waals surface area contributed by atoms with Crippen molar-refractivity contribution in [3.05, 3.63) is 0 Å². The quantitative estimate of drug-likeness (QED) is 0.646. The summed E-state index contributed by atoms with van der Waals surface area (Å²) in [6, 6.07) is 0.567. The topological polar surface area (TPSA) is 32.3 Å². The largest absolute Gasteiger partial charge is 0.349 e. The van der Waals surface area contributed by atoms with E-state index in [1.807, 2.05) is 0 Å². The van der Waals surface area contributed by atoms with Gasteiger partial charge >= 0.3 is 0 Å². The van der Waals surface area contributed by atoms with Gasteiger partial charge in [0.15, 0.2) is 0 Å². The van der Waals surface area contributed by atoms with Crippen LogP contribution in [0.3, 0.4) is 0 Å². The molecule has 0 fully saturated rings. The highest BCUT2D eigenvalue weighted by Crippen LogP contribution is 2.06. The lowest BCUT2D eigenvalue weighted by Crippen LogP contribution is -2.29.